The number of hydrogen-bond donors (Lipinski definition) is 2. The second-order valence-electron chi connectivity index (χ2n) is 4.26. The number of nitrogen functional groups attached to an aromatic ring is 1. The first kappa shape index (κ1) is 17.4. The highest BCUT2D eigenvalue weighted by molar-refractivity contribution is 6.56. The largest absolute Gasteiger partial charge is 0.481 e. The number of carboxylic acid groups (broad SMARTS) is 1. The van der Waals surface area contributed by atoms with Gasteiger partial charge in [0.05, 0.1) is 48.6 Å². The molecule has 0 fully saturated rings. The molecule has 3 N–H and O–H groups in total. The lowest BCUT2D eigenvalue weighted by Gasteiger charge is -2.14. The maximum atomic E-state index is 10.8. The van der Waals surface area contributed by atoms with Crippen LogP contribution in [0.15, 0.2) is 12.1 Å². The molecule has 0 aliphatic rings. The van der Waals surface area contributed by atoms with Crippen molar-refractivity contribution in [2.45, 2.75) is 6.42 Å². The van der Waals surface area contributed by atoms with Crippen molar-refractivity contribution in [1.29, 1.82) is 0 Å². The number of nitrogens with two attached hydrogens (primary N) is 1. The van der Waals surface area contributed by atoms with Crippen molar-refractivity contribution < 1.29 is 9.90 Å². The fourth-order valence-corrected chi connectivity index (χ4v) is 3.09. The van der Waals surface area contributed by atoms with Gasteiger partial charge >= 0.3 is 5.97 Å². The van der Waals surface area contributed by atoms with Crippen molar-refractivity contribution in [2.75, 3.05) is 5.73 Å². The molecular weight excluding hydrogens is 393 g/mol. The predicted molar refractivity (Wildman–Crippen MR) is 90.5 cm³/mol. The van der Waals surface area contributed by atoms with Crippen LogP contribution in [0.25, 0.3) is 11.3 Å². The fourth-order valence-electron chi connectivity index (χ4n) is 1.78. The van der Waals surface area contributed by atoms with E-state index in [0.717, 1.165) is 0 Å². The molecule has 2 rings (SSSR count). The number of aliphatic carboxylic acids is 1. The SMILES string of the molecule is Nc1ccc(CC(=O)O)nc1-c1c(Cl)c(Cl)c(Cl)c(Cl)c1Cl. The quantitative estimate of drug-likeness (QED) is 0.547. The minimum atomic E-state index is -1.03. The number of hydrogen-bond acceptors (Lipinski definition) is 3. The number of aromatic nitrogens is 1. The molecule has 0 aliphatic heterocycles. The van der Waals surface area contributed by atoms with Crippen molar-refractivity contribution in [2.24, 2.45) is 0 Å². The number of benzene rings is 1. The van der Waals surface area contributed by atoms with Gasteiger partial charge in [0.2, 0.25) is 0 Å². The number of carboxylic acids is 1. The van der Waals surface area contributed by atoms with Crippen LogP contribution in [0.2, 0.25) is 25.1 Å². The summed E-state index contributed by atoms with van der Waals surface area (Å²) in [5, 5.41) is 8.96. The first-order valence-corrected chi connectivity index (χ1v) is 7.62. The highest BCUT2D eigenvalue weighted by atomic mass is 35.5. The smallest absolute Gasteiger partial charge is 0.309 e. The minimum Gasteiger partial charge on any atom is -0.481 e. The van der Waals surface area contributed by atoms with Gasteiger partial charge in [0, 0.05) is 5.56 Å². The van der Waals surface area contributed by atoms with E-state index in [-0.39, 0.29) is 54.2 Å². The normalized spacial score (nSPS) is 10.8. The van der Waals surface area contributed by atoms with E-state index in [1.807, 2.05) is 0 Å². The zero-order valence-corrected chi connectivity index (χ0v) is 14.4. The Kier molecular flexibility index (Phi) is 5.30. The molecule has 116 valence electrons. The van der Waals surface area contributed by atoms with Crippen molar-refractivity contribution in [3.63, 3.8) is 0 Å². The molecular formula is C13H7Cl5N2O2. The molecule has 0 amide bonds. The van der Waals surface area contributed by atoms with Crippen LogP contribution in [0, 0.1) is 0 Å². The Morgan fingerprint density at radius 2 is 1.50 bits per heavy atom. The number of pyridine rings is 1. The van der Waals surface area contributed by atoms with Crippen molar-refractivity contribution in [1.82, 2.24) is 4.98 Å². The summed E-state index contributed by atoms with van der Waals surface area (Å²) in [5.74, 6) is -1.03. The zero-order chi connectivity index (χ0) is 16.6. The van der Waals surface area contributed by atoms with E-state index in [9.17, 15) is 4.79 Å². The van der Waals surface area contributed by atoms with Crippen LogP contribution in [-0.4, -0.2) is 16.1 Å². The summed E-state index contributed by atoms with van der Waals surface area (Å²) in [4.78, 5) is 15.0. The van der Waals surface area contributed by atoms with Crippen LogP contribution >= 0.6 is 58.0 Å². The van der Waals surface area contributed by atoms with Crippen LogP contribution in [0.1, 0.15) is 5.69 Å². The van der Waals surface area contributed by atoms with Crippen molar-refractivity contribution in [3.8, 4) is 11.3 Å². The molecule has 1 aromatic heterocycles. The van der Waals surface area contributed by atoms with E-state index >= 15 is 0 Å². The second-order valence-corrected chi connectivity index (χ2v) is 6.15. The predicted octanol–water partition coefficient (Wildman–Crippen LogP) is 5.22. The van der Waals surface area contributed by atoms with Crippen molar-refractivity contribution >= 4 is 69.7 Å². The third kappa shape index (κ3) is 3.21. The Morgan fingerprint density at radius 1 is 1.00 bits per heavy atom. The maximum absolute atomic E-state index is 10.8. The van der Waals surface area contributed by atoms with Gasteiger partial charge in [0.15, 0.2) is 0 Å². The topological polar surface area (TPSA) is 76.2 Å². The summed E-state index contributed by atoms with van der Waals surface area (Å²) in [6.07, 6.45) is -0.280. The van der Waals surface area contributed by atoms with Gasteiger partial charge in [0.1, 0.15) is 0 Å². The summed E-state index contributed by atoms with van der Waals surface area (Å²) in [6.45, 7) is 0. The molecule has 0 spiro atoms. The van der Waals surface area contributed by atoms with Gasteiger partial charge in [-0.15, -0.1) is 0 Å². The maximum Gasteiger partial charge on any atom is 0.309 e. The number of anilines is 1. The van der Waals surface area contributed by atoms with E-state index in [1.54, 1.807) is 0 Å². The molecule has 0 saturated heterocycles. The summed E-state index contributed by atoms with van der Waals surface area (Å²) >= 11 is 30.3. The molecule has 22 heavy (non-hydrogen) atoms. The fraction of sp³-hybridized carbons (Fsp3) is 0.0769. The van der Waals surface area contributed by atoms with Crippen LogP contribution < -0.4 is 5.73 Å². The molecule has 9 heteroatoms. The number of carbonyl (C=O) groups is 1. The number of rotatable bonds is 3. The molecule has 0 atom stereocenters. The summed E-state index contributed by atoms with van der Waals surface area (Å²) in [7, 11) is 0. The zero-order valence-electron chi connectivity index (χ0n) is 10.6. The van der Waals surface area contributed by atoms with Gasteiger partial charge in [-0.05, 0) is 12.1 Å². The molecule has 1 heterocycles. The summed E-state index contributed by atoms with van der Waals surface area (Å²) in [5.41, 5.74) is 6.80. The van der Waals surface area contributed by atoms with Gasteiger partial charge in [-0.25, -0.2) is 4.98 Å². The Balaban J connectivity index is 2.74. The molecule has 0 bridgehead atoms. The van der Waals surface area contributed by atoms with Crippen LogP contribution in [0.3, 0.4) is 0 Å². The first-order valence-electron chi connectivity index (χ1n) is 5.73. The molecule has 0 aliphatic carbocycles. The van der Waals surface area contributed by atoms with Gasteiger partial charge in [-0.2, -0.15) is 0 Å². The first-order chi connectivity index (χ1) is 10.2. The molecule has 1 aromatic carbocycles. The van der Waals surface area contributed by atoms with Crippen molar-refractivity contribution in [3.05, 3.63) is 42.9 Å². The molecule has 0 saturated carbocycles. The monoisotopic (exact) mass is 398 g/mol. The highest BCUT2D eigenvalue weighted by Crippen LogP contribution is 2.48. The lowest BCUT2D eigenvalue weighted by atomic mass is 10.1. The lowest BCUT2D eigenvalue weighted by molar-refractivity contribution is -0.136. The lowest BCUT2D eigenvalue weighted by Crippen LogP contribution is -2.05. The van der Waals surface area contributed by atoms with E-state index < -0.39 is 5.97 Å². The average Bonchev–Trinajstić information content (AvgIpc) is 2.46. The van der Waals surface area contributed by atoms with Gasteiger partial charge < -0.3 is 10.8 Å². The second kappa shape index (κ2) is 6.69. The van der Waals surface area contributed by atoms with Gasteiger partial charge in [-0.3, -0.25) is 4.79 Å². The third-order valence-corrected chi connectivity index (χ3v) is 5.04. The molecule has 0 radical (unpaired) electrons. The molecule has 2 aromatic rings. The third-order valence-electron chi connectivity index (χ3n) is 2.76. The van der Waals surface area contributed by atoms with Crippen LogP contribution in [0.5, 0.6) is 0 Å². The minimum absolute atomic E-state index is 0.0116. The Bertz CT molecular complexity index is 751. The Hall–Kier alpha value is -0.910. The summed E-state index contributed by atoms with van der Waals surface area (Å²) in [6, 6.07) is 3.00. The average molecular weight is 400 g/mol. The Morgan fingerprint density at radius 3 is 2.00 bits per heavy atom. The number of nitrogens with zero attached hydrogens (tertiary/aromatic N) is 1. The van der Waals surface area contributed by atoms with Crippen LogP contribution in [0.4, 0.5) is 5.69 Å². The van der Waals surface area contributed by atoms with E-state index in [0.29, 0.717) is 0 Å². The highest BCUT2D eigenvalue weighted by Gasteiger charge is 2.23. The molecule has 4 nitrogen and oxygen atoms in total. The van der Waals surface area contributed by atoms with E-state index in [1.165, 1.54) is 12.1 Å². The Labute approximate surface area is 150 Å². The number of halogens is 5. The van der Waals surface area contributed by atoms with E-state index in [4.69, 9.17) is 68.8 Å². The summed E-state index contributed by atoms with van der Waals surface area (Å²) < 4.78 is 0. The van der Waals surface area contributed by atoms with Gasteiger partial charge in [0.25, 0.3) is 0 Å². The van der Waals surface area contributed by atoms with E-state index in [2.05, 4.69) is 4.98 Å². The standard InChI is InChI=1S/C13H7Cl5N2O2/c14-8-7(9(15)11(17)12(18)10(8)16)13-5(19)2-1-4(20-13)3-6(21)22/h1-2H,3,19H2,(H,21,22). The van der Waals surface area contributed by atoms with Gasteiger partial charge in [-0.1, -0.05) is 58.0 Å². The van der Waals surface area contributed by atoms with Crippen LogP contribution in [-0.2, 0) is 11.2 Å². The molecule has 0 unspecified atom stereocenters.